The second-order valence-corrected chi connectivity index (χ2v) is 9.16. The molecule has 0 aliphatic carbocycles. The maximum atomic E-state index is 12.9. The van der Waals surface area contributed by atoms with E-state index in [2.05, 4.69) is 4.99 Å². The van der Waals surface area contributed by atoms with E-state index in [1.807, 2.05) is 6.92 Å². The summed E-state index contributed by atoms with van der Waals surface area (Å²) in [7, 11) is 1.61. The number of ether oxygens (including phenoxy) is 2. The number of amidine groups is 1. The highest BCUT2D eigenvalue weighted by atomic mass is 32.2. The average molecular weight is 533 g/mol. The van der Waals surface area contributed by atoms with Gasteiger partial charge < -0.3 is 19.7 Å². The third kappa shape index (κ3) is 6.22. The van der Waals surface area contributed by atoms with Gasteiger partial charge in [-0.05, 0) is 78.4 Å². The molecule has 0 radical (unpaired) electrons. The fourth-order valence-electron chi connectivity index (χ4n) is 3.53. The number of aromatic carboxylic acids is 2. The molecular weight excluding hydrogens is 508 g/mol. The van der Waals surface area contributed by atoms with Gasteiger partial charge in [0.05, 0.1) is 28.3 Å². The summed E-state index contributed by atoms with van der Waals surface area (Å²) in [5.41, 5.74) is 2.28. The minimum Gasteiger partial charge on any atom is -0.490 e. The number of aliphatic imine (C=N–C) groups is 1. The first-order valence-electron chi connectivity index (χ1n) is 11.6. The summed E-state index contributed by atoms with van der Waals surface area (Å²) in [6.07, 6.45) is 1.73. The molecule has 0 aromatic heterocycles. The molecule has 1 aliphatic rings. The number of carbonyl (C=O) groups excluding carboxylic acids is 1. The number of nitrogens with zero attached hydrogens (tertiary/aromatic N) is 2. The van der Waals surface area contributed by atoms with Crippen molar-refractivity contribution in [3.63, 3.8) is 0 Å². The average Bonchev–Trinajstić information content (AvgIpc) is 3.16. The highest BCUT2D eigenvalue weighted by Gasteiger charge is 2.30. The number of thioether (sulfide) groups is 1. The molecule has 0 spiro atoms. The summed E-state index contributed by atoms with van der Waals surface area (Å²) in [6, 6.07) is 18.0. The lowest BCUT2D eigenvalue weighted by molar-refractivity contribution is -0.121. The van der Waals surface area contributed by atoms with Crippen molar-refractivity contribution in [1.82, 2.24) is 4.90 Å². The zero-order valence-electron chi connectivity index (χ0n) is 20.6. The van der Waals surface area contributed by atoms with Crippen LogP contribution in [0.15, 0.2) is 76.6 Å². The van der Waals surface area contributed by atoms with Crippen LogP contribution >= 0.6 is 11.8 Å². The van der Waals surface area contributed by atoms with E-state index in [0.717, 1.165) is 11.1 Å². The van der Waals surface area contributed by atoms with Gasteiger partial charge in [-0.2, -0.15) is 0 Å². The van der Waals surface area contributed by atoms with Gasteiger partial charge in [0.2, 0.25) is 0 Å². The van der Waals surface area contributed by atoms with Crippen molar-refractivity contribution in [2.24, 2.45) is 4.99 Å². The second kappa shape index (κ2) is 11.7. The predicted molar refractivity (Wildman–Crippen MR) is 144 cm³/mol. The van der Waals surface area contributed by atoms with Gasteiger partial charge in [-0.3, -0.25) is 9.69 Å². The molecule has 3 aromatic carbocycles. The molecule has 3 aromatic rings. The number of amides is 1. The molecule has 1 fully saturated rings. The first-order chi connectivity index (χ1) is 18.2. The zero-order chi connectivity index (χ0) is 27.2. The SMILES string of the molecule is CCOc1cc(/C=C2\SC(=Nc3cccc(C(=O)O)c3)N(C)C2=O)ccc1OCc1ccc(C(=O)O)cc1. The van der Waals surface area contributed by atoms with E-state index in [0.29, 0.717) is 33.9 Å². The minimum absolute atomic E-state index is 0.114. The molecule has 10 heteroatoms. The fourth-order valence-corrected chi connectivity index (χ4v) is 4.52. The van der Waals surface area contributed by atoms with E-state index in [1.54, 1.807) is 55.6 Å². The van der Waals surface area contributed by atoms with Crippen LogP contribution < -0.4 is 9.47 Å². The van der Waals surface area contributed by atoms with Crippen LogP contribution in [0, 0.1) is 0 Å². The monoisotopic (exact) mass is 532 g/mol. The number of benzene rings is 3. The van der Waals surface area contributed by atoms with Crippen molar-refractivity contribution in [2.45, 2.75) is 13.5 Å². The number of hydrogen-bond acceptors (Lipinski definition) is 7. The minimum atomic E-state index is -1.05. The molecule has 2 N–H and O–H groups in total. The molecule has 0 unspecified atom stereocenters. The fraction of sp³-hybridized carbons (Fsp3) is 0.143. The van der Waals surface area contributed by atoms with Crippen molar-refractivity contribution in [3.05, 3.63) is 93.9 Å². The number of hydrogen-bond donors (Lipinski definition) is 2. The summed E-state index contributed by atoms with van der Waals surface area (Å²) in [5.74, 6) is -1.25. The van der Waals surface area contributed by atoms with Gasteiger partial charge in [0.1, 0.15) is 6.61 Å². The van der Waals surface area contributed by atoms with Crippen LogP contribution in [0.4, 0.5) is 5.69 Å². The van der Waals surface area contributed by atoms with Gasteiger partial charge >= 0.3 is 11.9 Å². The van der Waals surface area contributed by atoms with Crippen LogP contribution in [-0.2, 0) is 11.4 Å². The van der Waals surface area contributed by atoms with Crippen LogP contribution in [0.5, 0.6) is 11.5 Å². The number of carboxylic acid groups (broad SMARTS) is 2. The van der Waals surface area contributed by atoms with E-state index in [1.165, 1.54) is 40.9 Å². The lowest BCUT2D eigenvalue weighted by Crippen LogP contribution is -2.23. The smallest absolute Gasteiger partial charge is 0.335 e. The normalized spacial score (nSPS) is 15.2. The van der Waals surface area contributed by atoms with E-state index in [4.69, 9.17) is 14.6 Å². The summed E-state index contributed by atoms with van der Waals surface area (Å²) < 4.78 is 11.7. The molecule has 1 heterocycles. The molecule has 1 amide bonds. The molecule has 1 aliphatic heterocycles. The predicted octanol–water partition coefficient (Wildman–Crippen LogP) is 5.29. The summed E-state index contributed by atoms with van der Waals surface area (Å²) in [6.45, 7) is 2.49. The Balaban J connectivity index is 1.52. The lowest BCUT2D eigenvalue weighted by atomic mass is 10.1. The first kappa shape index (κ1) is 26.5. The first-order valence-corrected chi connectivity index (χ1v) is 12.4. The van der Waals surface area contributed by atoms with Gasteiger partial charge in [0, 0.05) is 7.05 Å². The quantitative estimate of drug-likeness (QED) is 0.356. The maximum absolute atomic E-state index is 12.9. The Morgan fingerprint density at radius 1 is 0.947 bits per heavy atom. The topological polar surface area (TPSA) is 126 Å². The highest BCUT2D eigenvalue weighted by Crippen LogP contribution is 2.35. The molecule has 0 atom stereocenters. The Morgan fingerprint density at radius 3 is 2.37 bits per heavy atom. The van der Waals surface area contributed by atoms with Crippen LogP contribution in [0.1, 0.15) is 38.8 Å². The van der Waals surface area contributed by atoms with Gasteiger partial charge in [-0.25, -0.2) is 14.6 Å². The molecule has 4 rings (SSSR count). The second-order valence-electron chi connectivity index (χ2n) is 8.15. The number of carboxylic acids is 2. The molecule has 9 nitrogen and oxygen atoms in total. The molecule has 194 valence electrons. The maximum Gasteiger partial charge on any atom is 0.335 e. The van der Waals surface area contributed by atoms with Crippen molar-refractivity contribution in [3.8, 4) is 11.5 Å². The van der Waals surface area contributed by atoms with Crippen LogP contribution in [0.3, 0.4) is 0 Å². The third-order valence-corrected chi connectivity index (χ3v) is 6.54. The summed E-state index contributed by atoms with van der Waals surface area (Å²) in [4.78, 5) is 41.5. The van der Waals surface area contributed by atoms with Gasteiger partial charge in [-0.1, -0.05) is 24.3 Å². The van der Waals surface area contributed by atoms with E-state index in [9.17, 15) is 19.5 Å². The Labute approximate surface area is 223 Å². The van der Waals surface area contributed by atoms with Gasteiger partial charge in [-0.15, -0.1) is 0 Å². The molecule has 0 bridgehead atoms. The highest BCUT2D eigenvalue weighted by molar-refractivity contribution is 8.18. The molecule has 1 saturated heterocycles. The van der Waals surface area contributed by atoms with E-state index < -0.39 is 11.9 Å². The molecular formula is C28H24N2O7S. The van der Waals surface area contributed by atoms with Crippen molar-refractivity contribution in [1.29, 1.82) is 0 Å². The standard InChI is InChI=1S/C28H24N2O7S/c1-3-36-23-13-18(9-12-22(23)37-16-17-7-10-19(11-8-17)26(32)33)14-24-25(31)30(2)28(38-24)29-21-6-4-5-20(15-21)27(34)35/h4-15H,3,16H2,1-2H3,(H,32,33)(H,34,35)/b24-14-,29-28?. The summed E-state index contributed by atoms with van der Waals surface area (Å²) >= 11 is 1.19. The summed E-state index contributed by atoms with van der Waals surface area (Å²) in [5, 5.41) is 18.7. The van der Waals surface area contributed by atoms with Gasteiger partial charge in [0.15, 0.2) is 16.7 Å². The van der Waals surface area contributed by atoms with E-state index in [-0.39, 0.29) is 23.6 Å². The zero-order valence-corrected chi connectivity index (χ0v) is 21.4. The van der Waals surface area contributed by atoms with Crippen LogP contribution in [0.25, 0.3) is 6.08 Å². The Bertz CT molecular complexity index is 1450. The molecule has 0 saturated carbocycles. The van der Waals surface area contributed by atoms with Crippen LogP contribution in [-0.4, -0.2) is 51.8 Å². The number of rotatable bonds is 9. The van der Waals surface area contributed by atoms with Crippen molar-refractivity contribution in [2.75, 3.05) is 13.7 Å². The van der Waals surface area contributed by atoms with Crippen molar-refractivity contribution < 1.29 is 34.1 Å². The molecule has 38 heavy (non-hydrogen) atoms. The number of likely N-dealkylation sites (N-methyl/N-ethyl adjacent to an activating group) is 1. The Morgan fingerprint density at radius 2 is 1.68 bits per heavy atom. The Kier molecular flexibility index (Phi) is 8.12. The Hall–Kier alpha value is -4.57. The lowest BCUT2D eigenvalue weighted by Gasteiger charge is -2.13. The van der Waals surface area contributed by atoms with Crippen molar-refractivity contribution >= 4 is 46.5 Å². The van der Waals surface area contributed by atoms with Gasteiger partial charge in [0.25, 0.3) is 5.91 Å². The largest absolute Gasteiger partial charge is 0.490 e. The van der Waals surface area contributed by atoms with Crippen LogP contribution in [0.2, 0.25) is 0 Å². The third-order valence-electron chi connectivity index (χ3n) is 5.48. The number of carbonyl (C=O) groups is 3. The van der Waals surface area contributed by atoms with E-state index >= 15 is 0 Å².